The van der Waals surface area contributed by atoms with E-state index < -0.39 is 10.0 Å². The lowest BCUT2D eigenvalue weighted by molar-refractivity contribution is 0.405. The maximum absolute atomic E-state index is 11.0. The molecule has 1 aromatic heterocycles. The van der Waals surface area contributed by atoms with E-state index in [9.17, 15) is 8.42 Å². The molecule has 1 heterocycles. The van der Waals surface area contributed by atoms with Gasteiger partial charge in [-0.15, -0.1) is 0 Å². The molecule has 0 amide bonds. The third-order valence-electron chi connectivity index (χ3n) is 2.16. The van der Waals surface area contributed by atoms with Gasteiger partial charge in [0.2, 0.25) is 10.0 Å². The first-order valence-corrected chi connectivity index (χ1v) is 7.58. The van der Waals surface area contributed by atoms with Gasteiger partial charge >= 0.3 is 0 Å². The lowest BCUT2D eigenvalue weighted by Gasteiger charge is -2.10. The fraction of sp³-hybridized carbons (Fsp3) is 0.545. The van der Waals surface area contributed by atoms with Gasteiger partial charge < -0.3 is 10.2 Å². The number of aromatic nitrogens is 1. The van der Waals surface area contributed by atoms with Gasteiger partial charge in [-0.05, 0) is 39.2 Å². The second-order valence-electron chi connectivity index (χ2n) is 4.39. The minimum Gasteiger partial charge on any atom is -0.384 e. The molecule has 0 aliphatic carbocycles. The number of nitrogens with zero attached hydrogens (tertiary/aromatic N) is 2. The second-order valence-corrected chi connectivity index (χ2v) is 6.14. The van der Waals surface area contributed by atoms with Gasteiger partial charge in [-0.1, -0.05) is 0 Å². The van der Waals surface area contributed by atoms with E-state index in [1.807, 2.05) is 14.1 Å². The van der Waals surface area contributed by atoms with E-state index in [2.05, 4.69) is 19.9 Å². The van der Waals surface area contributed by atoms with Crippen LogP contribution in [-0.4, -0.2) is 51.7 Å². The van der Waals surface area contributed by atoms with Gasteiger partial charge in [0, 0.05) is 6.54 Å². The molecule has 18 heavy (non-hydrogen) atoms. The van der Waals surface area contributed by atoms with Crippen LogP contribution in [0.15, 0.2) is 18.3 Å². The Morgan fingerprint density at radius 1 is 1.33 bits per heavy atom. The monoisotopic (exact) mass is 272 g/mol. The molecule has 0 bridgehead atoms. The third kappa shape index (κ3) is 6.41. The molecule has 1 aromatic rings. The molecule has 0 fully saturated rings. The minimum absolute atomic E-state index is 0.330. The van der Waals surface area contributed by atoms with Crippen molar-refractivity contribution in [3.63, 3.8) is 0 Å². The van der Waals surface area contributed by atoms with Crippen molar-refractivity contribution in [1.29, 1.82) is 0 Å². The Bertz CT molecular complexity index is 456. The maximum Gasteiger partial charge on any atom is 0.230 e. The molecule has 0 aliphatic heterocycles. The molecule has 0 radical (unpaired) electrons. The van der Waals surface area contributed by atoms with E-state index in [0.717, 1.165) is 31.5 Å². The summed E-state index contributed by atoms with van der Waals surface area (Å²) in [5.41, 5.74) is 0.882. The summed E-state index contributed by atoms with van der Waals surface area (Å²) in [6, 6.07) is 3.44. The number of anilines is 2. The van der Waals surface area contributed by atoms with Gasteiger partial charge in [-0.2, -0.15) is 0 Å². The molecule has 0 aliphatic rings. The van der Waals surface area contributed by atoms with Crippen LogP contribution in [0.2, 0.25) is 0 Å². The summed E-state index contributed by atoms with van der Waals surface area (Å²) < 4.78 is 24.3. The normalized spacial score (nSPS) is 11.6. The van der Waals surface area contributed by atoms with Gasteiger partial charge in [0.25, 0.3) is 0 Å². The highest BCUT2D eigenvalue weighted by Gasteiger charge is 2.02. The third-order valence-corrected chi connectivity index (χ3v) is 2.74. The zero-order valence-corrected chi connectivity index (χ0v) is 11.8. The first-order valence-electron chi connectivity index (χ1n) is 5.69. The first-order chi connectivity index (χ1) is 8.37. The maximum atomic E-state index is 11.0. The summed E-state index contributed by atoms with van der Waals surface area (Å²) in [6.07, 6.45) is 3.75. The van der Waals surface area contributed by atoms with Crippen molar-refractivity contribution in [2.45, 2.75) is 6.42 Å². The number of hydrogen-bond acceptors (Lipinski definition) is 5. The summed E-state index contributed by atoms with van der Waals surface area (Å²) in [7, 11) is 0.811. The Labute approximate surface area is 108 Å². The summed E-state index contributed by atoms with van der Waals surface area (Å²) in [5, 5.41) is 3.22. The molecular formula is C11H20N4O2S. The quantitative estimate of drug-likeness (QED) is 0.719. The molecule has 0 saturated heterocycles. The van der Waals surface area contributed by atoms with Crippen LogP contribution in [0.4, 0.5) is 11.5 Å². The van der Waals surface area contributed by atoms with Crippen LogP contribution in [-0.2, 0) is 10.0 Å². The molecule has 0 atom stereocenters. The molecule has 1 rings (SSSR count). The predicted molar refractivity (Wildman–Crippen MR) is 74.4 cm³/mol. The van der Waals surface area contributed by atoms with Gasteiger partial charge in [-0.25, -0.2) is 13.4 Å². The van der Waals surface area contributed by atoms with Crippen molar-refractivity contribution in [3.05, 3.63) is 18.3 Å². The standard InChI is InChI=1S/C11H20N4O2S/c1-15(2)8-4-7-12-10-5-6-11(13-9-10)14-18(3,16)17/h5-6,9,12H,4,7-8H2,1-3H3,(H,13,14). The first kappa shape index (κ1) is 14.7. The summed E-state index contributed by atoms with van der Waals surface area (Å²) >= 11 is 0. The van der Waals surface area contributed by atoms with E-state index >= 15 is 0 Å². The van der Waals surface area contributed by atoms with Crippen LogP contribution >= 0.6 is 0 Å². The summed E-state index contributed by atoms with van der Waals surface area (Å²) in [6.45, 7) is 1.88. The number of pyridine rings is 1. The fourth-order valence-electron chi connectivity index (χ4n) is 1.38. The lowest BCUT2D eigenvalue weighted by Crippen LogP contribution is -2.16. The predicted octanol–water partition coefficient (Wildman–Crippen LogP) is 0.817. The van der Waals surface area contributed by atoms with Crippen molar-refractivity contribution >= 4 is 21.5 Å². The van der Waals surface area contributed by atoms with Crippen LogP contribution < -0.4 is 10.0 Å². The van der Waals surface area contributed by atoms with Crippen LogP contribution in [0.1, 0.15) is 6.42 Å². The highest BCUT2D eigenvalue weighted by Crippen LogP contribution is 2.10. The van der Waals surface area contributed by atoms with Crippen LogP contribution in [0.25, 0.3) is 0 Å². The molecule has 2 N–H and O–H groups in total. The van der Waals surface area contributed by atoms with E-state index in [1.165, 1.54) is 0 Å². The molecule has 0 aromatic carbocycles. The topological polar surface area (TPSA) is 74.3 Å². The highest BCUT2D eigenvalue weighted by atomic mass is 32.2. The van der Waals surface area contributed by atoms with Crippen molar-refractivity contribution in [3.8, 4) is 0 Å². The molecule has 7 heteroatoms. The number of sulfonamides is 1. The Kier molecular flexibility index (Phi) is 5.36. The van der Waals surface area contributed by atoms with Crippen molar-refractivity contribution < 1.29 is 8.42 Å². The smallest absolute Gasteiger partial charge is 0.230 e. The Balaban J connectivity index is 2.41. The van der Waals surface area contributed by atoms with Crippen LogP contribution in [0.3, 0.4) is 0 Å². The number of rotatable bonds is 7. The summed E-state index contributed by atoms with van der Waals surface area (Å²) in [5.74, 6) is 0.330. The molecule has 0 unspecified atom stereocenters. The van der Waals surface area contributed by atoms with Gasteiger partial charge in [0.05, 0.1) is 18.1 Å². The number of nitrogens with one attached hydrogen (secondary N) is 2. The van der Waals surface area contributed by atoms with Gasteiger partial charge in [0.1, 0.15) is 5.82 Å². The Hall–Kier alpha value is -1.34. The van der Waals surface area contributed by atoms with Crippen molar-refractivity contribution in [1.82, 2.24) is 9.88 Å². The minimum atomic E-state index is -3.26. The van der Waals surface area contributed by atoms with Gasteiger partial charge in [-0.3, -0.25) is 4.72 Å². The van der Waals surface area contributed by atoms with Crippen LogP contribution in [0.5, 0.6) is 0 Å². The van der Waals surface area contributed by atoms with E-state index in [4.69, 9.17) is 0 Å². The average molecular weight is 272 g/mol. The molecule has 6 nitrogen and oxygen atoms in total. The van der Waals surface area contributed by atoms with Crippen molar-refractivity contribution in [2.75, 3.05) is 43.5 Å². The Morgan fingerprint density at radius 2 is 2.06 bits per heavy atom. The van der Waals surface area contributed by atoms with Crippen molar-refractivity contribution in [2.24, 2.45) is 0 Å². The zero-order valence-electron chi connectivity index (χ0n) is 11.0. The summed E-state index contributed by atoms with van der Waals surface area (Å²) in [4.78, 5) is 6.14. The fourth-order valence-corrected chi connectivity index (χ4v) is 1.88. The lowest BCUT2D eigenvalue weighted by atomic mass is 10.3. The molecule has 0 spiro atoms. The SMILES string of the molecule is CN(C)CCCNc1ccc(NS(C)(=O)=O)nc1. The molecular weight excluding hydrogens is 252 g/mol. The second kappa shape index (κ2) is 6.55. The van der Waals surface area contributed by atoms with Gasteiger partial charge in [0.15, 0.2) is 0 Å². The van der Waals surface area contributed by atoms with E-state index in [0.29, 0.717) is 5.82 Å². The highest BCUT2D eigenvalue weighted by molar-refractivity contribution is 7.92. The molecule has 0 saturated carbocycles. The average Bonchev–Trinajstić information content (AvgIpc) is 2.24. The van der Waals surface area contributed by atoms with Crippen LogP contribution in [0, 0.1) is 0 Å². The van der Waals surface area contributed by atoms with E-state index in [-0.39, 0.29) is 0 Å². The largest absolute Gasteiger partial charge is 0.384 e. The zero-order chi connectivity index (χ0) is 13.6. The number of hydrogen-bond donors (Lipinski definition) is 2. The Morgan fingerprint density at radius 3 is 2.56 bits per heavy atom. The van der Waals surface area contributed by atoms with E-state index in [1.54, 1.807) is 18.3 Å². The molecule has 102 valence electrons.